The van der Waals surface area contributed by atoms with Crippen molar-refractivity contribution < 1.29 is 0 Å². The molecule has 0 amide bonds. The molecule has 2 aliphatic rings. The number of hydrogen-bond donors (Lipinski definition) is 0. The molecule has 1 atom stereocenters. The van der Waals surface area contributed by atoms with Crippen LogP contribution in [0.3, 0.4) is 0 Å². The van der Waals surface area contributed by atoms with E-state index in [2.05, 4.69) is 182 Å². The van der Waals surface area contributed by atoms with E-state index in [1.165, 1.54) is 93.2 Å². The van der Waals surface area contributed by atoms with Crippen molar-refractivity contribution >= 4 is 65.6 Å². The van der Waals surface area contributed by atoms with Crippen molar-refractivity contribution in [2.24, 2.45) is 0 Å². The van der Waals surface area contributed by atoms with Crippen LogP contribution in [-0.2, 0) is 18.3 Å². The molecule has 0 bridgehead atoms. The summed E-state index contributed by atoms with van der Waals surface area (Å²) in [5.41, 5.74) is 17.2. The van der Waals surface area contributed by atoms with E-state index in [-0.39, 0.29) is 5.41 Å². The molecule has 0 fully saturated rings. The Morgan fingerprint density at radius 3 is 1.57 bits per heavy atom. The number of thiophene rings is 1. The number of hydrogen-bond acceptors (Lipinski definition) is 3. The Balaban J connectivity index is 1.22. The first kappa shape index (κ1) is 32.0. The summed E-state index contributed by atoms with van der Waals surface area (Å²) < 4.78 is 2.73. The summed E-state index contributed by atoms with van der Waals surface area (Å²) in [6.45, 7) is 6.84. The standard InChI is InChI=1S/C50H42N2S/c1-33-31-34(2)46-45(32-33)53-44-26-25-41(35(3)47(44)46)52(40-21-11-6-12-22-40)43-24-14-16-37-28-30-50(49(37)43)29-27-36-15-13-23-42(48(36)50)51(38-17-7-4-8-18-38)39-19-9-5-10-20-39/h4-26,31-32H,27-30H2,1-3H3/t50-/m1/s1. The lowest BCUT2D eigenvalue weighted by Gasteiger charge is -2.37. The van der Waals surface area contributed by atoms with Gasteiger partial charge in [0.25, 0.3) is 0 Å². The first-order valence-corrected chi connectivity index (χ1v) is 19.8. The van der Waals surface area contributed by atoms with Gasteiger partial charge in [-0.25, -0.2) is 0 Å². The fourth-order valence-electron chi connectivity index (χ4n) is 9.84. The molecule has 2 aliphatic carbocycles. The second-order valence-electron chi connectivity index (χ2n) is 15.0. The third kappa shape index (κ3) is 4.98. The number of aryl methyl sites for hydroxylation is 5. The maximum absolute atomic E-state index is 2.58. The van der Waals surface area contributed by atoms with E-state index in [9.17, 15) is 0 Å². The molecule has 0 saturated heterocycles. The summed E-state index contributed by atoms with van der Waals surface area (Å²) in [6, 6.07) is 56.5. The SMILES string of the molecule is Cc1cc(C)c2c(c1)sc1ccc(N(c3ccccc3)c3cccc4c3[C@]3(CCc5cccc(N(c6ccccc6)c6ccccc6)c53)CC4)c(C)c12. The quantitative estimate of drug-likeness (QED) is 0.170. The zero-order valence-corrected chi connectivity index (χ0v) is 31.4. The van der Waals surface area contributed by atoms with Crippen molar-refractivity contribution in [3.63, 3.8) is 0 Å². The van der Waals surface area contributed by atoms with Gasteiger partial charge < -0.3 is 9.80 Å². The molecule has 2 nitrogen and oxygen atoms in total. The minimum atomic E-state index is -0.117. The molecule has 0 aliphatic heterocycles. The highest BCUT2D eigenvalue weighted by atomic mass is 32.1. The lowest BCUT2D eigenvalue weighted by Crippen LogP contribution is -2.27. The average Bonchev–Trinajstić information content (AvgIpc) is 3.89. The second-order valence-corrected chi connectivity index (χ2v) is 16.1. The molecule has 8 aromatic rings. The summed E-state index contributed by atoms with van der Waals surface area (Å²) in [5, 5.41) is 2.78. The molecule has 53 heavy (non-hydrogen) atoms. The van der Waals surface area contributed by atoms with Gasteiger partial charge in [0.2, 0.25) is 0 Å². The van der Waals surface area contributed by atoms with E-state index >= 15 is 0 Å². The third-order valence-corrected chi connectivity index (χ3v) is 13.0. The van der Waals surface area contributed by atoms with Crippen molar-refractivity contribution in [3.8, 4) is 0 Å². The van der Waals surface area contributed by atoms with E-state index in [4.69, 9.17) is 0 Å². The van der Waals surface area contributed by atoms with Gasteiger partial charge in [-0.2, -0.15) is 0 Å². The summed E-state index contributed by atoms with van der Waals surface area (Å²) in [7, 11) is 0. The first-order valence-electron chi connectivity index (χ1n) is 18.9. The summed E-state index contributed by atoms with van der Waals surface area (Å²) in [5.74, 6) is 0. The van der Waals surface area contributed by atoms with Crippen molar-refractivity contribution in [2.75, 3.05) is 9.80 Å². The molecule has 1 aromatic heterocycles. The molecule has 0 saturated carbocycles. The predicted octanol–water partition coefficient (Wildman–Crippen LogP) is 14.1. The minimum Gasteiger partial charge on any atom is -0.310 e. The van der Waals surface area contributed by atoms with Gasteiger partial charge in [0, 0.05) is 48.3 Å². The normalized spacial score (nSPS) is 16.0. The van der Waals surface area contributed by atoms with Crippen LogP contribution in [0.2, 0.25) is 0 Å². The van der Waals surface area contributed by atoms with Gasteiger partial charge in [0.05, 0.1) is 11.4 Å². The Kier molecular flexibility index (Phi) is 7.56. The highest BCUT2D eigenvalue weighted by Gasteiger charge is 2.49. The van der Waals surface area contributed by atoms with Crippen molar-refractivity contribution in [3.05, 3.63) is 191 Å². The van der Waals surface area contributed by atoms with E-state index in [1.807, 2.05) is 11.3 Å². The Bertz CT molecular complexity index is 2620. The molecule has 3 heteroatoms. The predicted molar refractivity (Wildman–Crippen MR) is 227 cm³/mol. The van der Waals surface area contributed by atoms with Crippen LogP contribution < -0.4 is 9.80 Å². The molecule has 1 heterocycles. The van der Waals surface area contributed by atoms with Crippen molar-refractivity contribution in [2.45, 2.75) is 51.9 Å². The van der Waals surface area contributed by atoms with Crippen LogP contribution in [0.4, 0.5) is 34.1 Å². The largest absolute Gasteiger partial charge is 0.310 e. The highest BCUT2D eigenvalue weighted by Crippen LogP contribution is 2.60. The minimum absolute atomic E-state index is 0.117. The van der Waals surface area contributed by atoms with Gasteiger partial charge in [-0.15, -0.1) is 11.3 Å². The van der Waals surface area contributed by atoms with E-state index in [0.717, 1.165) is 25.7 Å². The van der Waals surface area contributed by atoms with Crippen LogP contribution in [0.5, 0.6) is 0 Å². The summed E-state index contributed by atoms with van der Waals surface area (Å²) >= 11 is 1.92. The van der Waals surface area contributed by atoms with Crippen LogP contribution in [0, 0.1) is 20.8 Å². The smallest absolute Gasteiger partial charge is 0.0505 e. The lowest BCUT2D eigenvalue weighted by atomic mass is 9.74. The van der Waals surface area contributed by atoms with Crippen LogP contribution in [-0.4, -0.2) is 0 Å². The topological polar surface area (TPSA) is 6.48 Å². The van der Waals surface area contributed by atoms with Crippen molar-refractivity contribution in [1.82, 2.24) is 0 Å². The lowest BCUT2D eigenvalue weighted by molar-refractivity contribution is 0.508. The monoisotopic (exact) mass is 702 g/mol. The number of fused-ring (bicyclic) bond motifs is 7. The number of benzene rings is 7. The van der Waals surface area contributed by atoms with Crippen LogP contribution in [0.1, 0.15) is 51.8 Å². The first-order chi connectivity index (χ1) is 26.0. The number of nitrogens with zero attached hydrogens (tertiary/aromatic N) is 2. The average molecular weight is 703 g/mol. The number of para-hydroxylation sites is 3. The molecule has 0 radical (unpaired) electrons. The highest BCUT2D eigenvalue weighted by molar-refractivity contribution is 7.25. The number of anilines is 6. The maximum Gasteiger partial charge on any atom is 0.0505 e. The Morgan fingerprint density at radius 1 is 0.472 bits per heavy atom. The molecule has 0 unspecified atom stereocenters. The summed E-state index contributed by atoms with van der Waals surface area (Å²) in [6.07, 6.45) is 4.36. The van der Waals surface area contributed by atoms with Gasteiger partial charge in [-0.05, 0) is 152 Å². The molecule has 258 valence electrons. The van der Waals surface area contributed by atoms with E-state index in [1.54, 1.807) is 0 Å². The summed E-state index contributed by atoms with van der Waals surface area (Å²) in [4.78, 5) is 5.08. The van der Waals surface area contributed by atoms with Gasteiger partial charge in [0.15, 0.2) is 0 Å². The molecular formula is C50H42N2S. The van der Waals surface area contributed by atoms with Crippen LogP contribution in [0.15, 0.2) is 152 Å². The molecule has 10 rings (SSSR count). The van der Waals surface area contributed by atoms with E-state index in [0.29, 0.717) is 0 Å². The number of rotatable bonds is 6. The van der Waals surface area contributed by atoms with Gasteiger partial charge >= 0.3 is 0 Å². The van der Waals surface area contributed by atoms with Gasteiger partial charge in [-0.1, -0.05) is 84.9 Å². The second kappa shape index (κ2) is 12.5. The fourth-order valence-corrected chi connectivity index (χ4v) is 11.2. The van der Waals surface area contributed by atoms with Gasteiger partial charge in [-0.3, -0.25) is 0 Å². The fraction of sp³-hybridized carbons (Fsp3) is 0.160. The zero-order valence-electron chi connectivity index (χ0n) is 30.6. The van der Waals surface area contributed by atoms with E-state index < -0.39 is 0 Å². The van der Waals surface area contributed by atoms with Gasteiger partial charge in [0.1, 0.15) is 0 Å². The molecule has 1 spiro atoms. The maximum atomic E-state index is 2.58. The Hall–Kier alpha value is -5.64. The van der Waals surface area contributed by atoms with Crippen LogP contribution >= 0.6 is 11.3 Å². The molecule has 7 aromatic carbocycles. The zero-order chi connectivity index (χ0) is 35.7. The van der Waals surface area contributed by atoms with Crippen LogP contribution in [0.25, 0.3) is 20.2 Å². The molecule has 0 N–H and O–H groups in total. The molecular weight excluding hydrogens is 661 g/mol. The Morgan fingerprint density at radius 2 is 1.00 bits per heavy atom. The Labute approximate surface area is 316 Å². The third-order valence-electron chi connectivity index (χ3n) is 11.9. The van der Waals surface area contributed by atoms with Crippen molar-refractivity contribution in [1.29, 1.82) is 0 Å².